The third-order valence-electron chi connectivity index (χ3n) is 6.74. The quantitative estimate of drug-likeness (QED) is 0.135. The predicted molar refractivity (Wildman–Crippen MR) is 161 cm³/mol. The van der Waals surface area contributed by atoms with Gasteiger partial charge in [-0.15, -0.1) is 0 Å². The zero-order valence-corrected chi connectivity index (χ0v) is 25.1. The van der Waals surface area contributed by atoms with E-state index < -0.39 is 21.4 Å². The number of carbonyl (C=O) groups excluding carboxylic acids is 2. The molecule has 0 spiro atoms. The minimum atomic E-state index is -0.978. The van der Waals surface area contributed by atoms with Crippen LogP contribution in [0, 0.1) is 32.1 Å². The van der Waals surface area contributed by atoms with E-state index in [2.05, 4.69) is 4.74 Å². The van der Waals surface area contributed by atoms with E-state index in [1.807, 2.05) is 13.8 Å². The number of benzene rings is 2. The zero-order chi connectivity index (χ0) is 32.9. The molecule has 254 valence electrons. The van der Waals surface area contributed by atoms with Gasteiger partial charge in [0.1, 0.15) is 17.6 Å². The van der Waals surface area contributed by atoms with Gasteiger partial charge in [0, 0.05) is 41.8 Å². The lowest BCUT2D eigenvalue weighted by atomic mass is 10.0. The number of nitrogens with zero attached hydrogens (tertiary/aromatic N) is 2. The number of aliphatic hydroxyl groups is 1. The third-order valence-corrected chi connectivity index (χ3v) is 6.81. The molecule has 0 aromatic heterocycles. The first-order chi connectivity index (χ1) is 21.6. The first-order valence-electron chi connectivity index (χ1n) is 14.0. The SMILES string of the molecule is C.CC.O=C(Cl)Oc1ccc([N+](=O)[O-])cc1.O=C(Oc1ccc([N+](=O)[O-])cc1)O[C@H]1CO[C@H]2OCC[C@H]21.O[C@H]1CO[C@H]2OCC[C@H]21. The van der Waals surface area contributed by atoms with Crippen molar-refractivity contribution in [3.05, 3.63) is 68.8 Å². The van der Waals surface area contributed by atoms with Crippen LogP contribution in [-0.2, 0) is 23.7 Å². The van der Waals surface area contributed by atoms with E-state index in [4.69, 9.17) is 40.0 Å². The van der Waals surface area contributed by atoms with Gasteiger partial charge in [-0.2, -0.15) is 0 Å². The monoisotopic (exact) mass is 672 g/mol. The number of hydrogen-bond donors (Lipinski definition) is 1. The van der Waals surface area contributed by atoms with E-state index in [0.717, 1.165) is 19.4 Å². The van der Waals surface area contributed by atoms with Crippen LogP contribution in [0.25, 0.3) is 0 Å². The maximum atomic E-state index is 11.7. The number of ether oxygens (including phenoxy) is 7. The van der Waals surface area contributed by atoms with Gasteiger partial charge in [0.2, 0.25) is 0 Å². The number of halogens is 1. The van der Waals surface area contributed by atoms with Crippen molar-refractivity contribution in [1.82, 2.24) is 0 Å². The summed E-state index contributed by atoms with van der Waals surface area (Å²) in [4.78, 5) is 41.6. The van der Waals surface area contributed by atoms with Crippen molar-refractivity contribution in [2.24, 2.45) is 11.8 Å². The summed E-state index contributed by atoms with van der Waals surface area (Å²) in [5, 5.41) is 29.9. The average Bonchev–Trinajstić information content (AvgIpc) is 3.81. The molecule has 0 radical (unpaired) electrons. The van der Waals surface area contributed by atoms with Crippen molar-refractivity contribution in [2.45, 2.75) is 58.9 Å². The van der Waals surface area contributed by atoms with Gasteiger partial charge in [0.05, 0.1) is 48.3 Å². The van der Waals surface area contributed by atoms with Gasteiger partial charge in [-0.1, -0.05) is 21.3 Å². The highest BCUT2D eigenvalue weighted by atomic mass is 35.5. The summed E-state index contributed by atoms with van der Waals surface area (Å²) in [5.41, 5.74) is -1.13. The number of nitro groups is 2. The highest BCUT2D eigenvalue weighted by molar-refractivity contribution is 6.61. The second kappa shape index (κ2) is 18.9. The number of fused-ring (bicyclic) bond motifs is 2. The van der Waals surface area contributed by atoms with Crippen LogP contribution in [0.4, 0.5) is 21.0 Å². The summed E-state index contributed by atoms with van der Waals surface area (Å²) >= 11 is 4.92. The van der Waals surface area contributed by atoms with Crippen LogP contribution < -0.4 is 9.47 Å². The Kier molecular flexibility index (Phi) is 15.7. The molecule has 4 heterocycles. The van der Waals surface area contributed by atoms with Crippen molar-refractivity contribution < 1.29 is 57.7 Å². The fraction of sp³-hybridized carbons (Fsp3) is 0.517. The van der Waals surface area contributed by atoms with Crippen molar-refractivity contribution in [3.63, 3.8) is 0 Å². The molecule has 0 aliphatic carbocycles. The molecule has 17 heteroatoms. The molecular formula is C29H37ClN2O14. The molecule has 6 atom stereocenters. The molecule has 46 heavy (non-hydrogen) atoms. The molecular weight excluding hydrogens is 636 g/mol. The van der Waals surface area contributed by atoms with Crippen LogP contribution in [0.1, 0.15) is 34.1 Å². The number of non-ortho nitro benzene ring substituents is 2. The minimum Gasteiger partial charge on any atom is -0.428 e. The Morgan fingerprint density at radius 1 is 0.783 bits per heavy atom. The maximum Gasteiger partial charge on any atom is 0.514 e. The zero-order valence-electron chi connectivity index (χ0n) is 24.4. The van der Waals surface area contributed by atoms with Crippen LogP contribution >= 0.6 is 11.6 Å². The number of nitro benzene ring substituents is 2. The fourth-order valence-electron chi connectivity index (χ4n) is 4.60. The molecule has 0 saturated carbocycles. The first-order valence-corrected chi connectivity index (χ1v) is 14.4. The Morgan fingerprint density at radius 3 is 1.72 bits per heavy atom. The summed E-state index contributed by atoms with van der Waals surface area (Å²) in [6, 6.07) is 10.2. The molecule has 0 amide bonds. The molecule has 2 aromatic rings. The van der Waals surface area contributed by atoms with Crippen molar-refractivity contribution in [3.8, 4) is 11.5 Å². The van der Waals surface area contributed by atoms with Crippen LogP contribution in [0.15, 0.2) is 48.5 Å². The van der Waals surface area contributed by atoms with E-state index >= 15 is 0 Å². The Balaban J connectivity index is 0.000000252. The Labute approximate surface area is 269 Å². The normalized spacial score (nSPS) is 24.9. The molecule has 1 N–H and O–H groups in total. The Morgan fingerprint density at radius 2 is 1.24 bits per heavy atom. The fourth-order valence-corrected chi connectivity index (χ4v) is 4.69. The number of rotatable bonds is 5. The van der Waals surface area contributed by atoms with E-state index in [-0.39, 0.29) is 73.5 Å². The number of carbonyl (C=O) groups is 2. The minimum absolute atomic E-state index is 0. The second-order valence-electron chi connectivity index (χ2n) is 9.47. The topological polar surface area (TPSA) is 205 Å². The van der Waals surface area contributed by atoms with Crippen LogP contribution in [-0.4, -0.2) is 77.8 Å². The number of hydrogen-bond acceptors (Lipinski definition) is 14. The van der Waals surface area contributed by atoms with Gasteiger partial charge < -0.3 is 38.3 Å². The van der Waals surface area contributed by atoms with Gasteiger partial charge in [0.25, 0.3) is 11.4 Å². The third kappa shape index (κ3) is 11.1. The van der Waals surface area contributed by atoms with Gasteiger partial charge >= 0.3 is 11.6 Å². The Hall–Kier alpha value is -3.93. The smallest absolute Gasteiger partial charge is 0.428 e. The lowest BCUT2D eigenvalue weighted by molar-refractivity contribution is -0.385. The van der Waals surface area contributed by atoms with Crippen LogP contribution in [0.2, 0.25) is 0 Å². The molecule has 4 aliphatic heterocycles. The lowest BCUT2D eigenvalue weighted by Gasteiger charge is -2.15. The van der Waals surface area contributed by atoms with E-state index in [0.29, 0.717) is 13.2 Å². The summed E-state index contributed by atoms with van der Waals surface area (Å²) in [6.45, 7) is 6.07. The molecule has 16 nitrogen and oxygen atoms in total. The standard InChI is InChI=1S/C13H13NO7.C7H4ClNO4.C6H10O3.C2H6.CH4/c15-13(20-9-3-1-8(2-4-9)14(16)17)21-11-7-19-12-10(11)5-6-18-12;8-7(10)13-6-3-1-5(2-4-6)9(11)12;7-5-3-9-6-4(5)1-2-8-6;1-2;/h1-4,10-12H,5-7H2;1-4H;4-7H,1-3H2;1-2H3;1H4/t10-,11-,12+;;4-,5-,6+;;/m0.0../s1. The van der Waals surface area contributed by atoms with Crippen molar-refractivity contribution in [2.75, 3.05) is 26.4 Å². The highest BCUT2D eigenvalue weighted by Crippen LogP contribution is 2.33. The predicted octanol–water partition coefficient (Wildman–Crippen LogP) is 5.61. The van der Waals surface area contributed by atoms with Gasteiger partial charge in [-0.05, 0) is 37.1 Å². The maximum absolute atomic E-state index is 11.7. The molecule has 4 fully saturated rings. The van der Waals surface area contributed by atoms with E-state index in [1.165, 1.54) is 48.5 Å². The molecule has 0 bridgehead atoms. The molecule has 6 rings (SSSR count). The van der Waals surface area contributed by atoms with Gasteiger partial charge in [-0.25, -0.2) is 9.59 Å². The number of aliphatic hydroxyl groups excluding tert-OH is 1. The molecule has 4 saturated heterocycles. The van der Waals surface area contributed by atoms with Crippen LogP contribution in [0.5, 0.6) is 11.5 Å². The molecule has 2 aromatic carbocycles. The lowest BCUT2D eigenvalue weighted by Crippen LogP contribution is -2.27. The molecule has 4 aliphatic rings. The molecule has 0 unspecified atom stereocenters. The van der Waals surface area contributed by atoms with Gasteiger partial charge in [0.15, 0.2) is 12.6 Å². The first kappa shape index (κ1) is 38.3. The summed E-state index contributed by atoms with van der Waals surface area (Å²) in [7, 11) is 0. The van der Waals surface area contributed by atoms with E-state index in [1.54, 1.807) is 0 Å². The average molecular weight is 673 g/mol. The summed E-state index contributed by atoms with van der Waals surface area (Å²) in [5.74, 6) is 0.647. The van der Waals surface area contributed by atoms with Crippen molar-refractivity contribution in [1.29, 1.82) is 0 Å². The van der Waals surface area contributed by atoms with E-state index in [9.17, 15) is 34.9 Å². The highest BCUT2D eigenvalue weighted by Gasteiger charge is 2.44. The summed E-state index contributed by atoms with van der Waals surface area (Å²) < 4.78 is 35.6. The Bertz CT molecular complexity index is 1280. The van der Waals surface area contributed by atoms with Crippen LogP contribution in [0.3, 0.4) is 0 Å². The van der Waals surface area contributed by atoms with Crippen molar-refractivity contribution >= 4 is 34.6 Å². The summed E-state index contributed by atoms with van der Waals surface area (Å²) in [6.07, 6.45) is -0.195. The second-order valence-corrected chi connectivity index (χ2v) is 9.78. The van der Waals surface area contributed by atoms with Gasteiger partial charge in [-0.3, -0.25) is 20.2 Å². The largest absolute Gasteiger partial charge is 0.514 e.